The Hall–Kier alpha value is -2.11. The topological polar surface area (TPSA) is 78.6 Å². The summed E-state index contributed by atoms with van der Waals surface area (Å²) in [5, 5.41) is 0. The predicted molar refractivity (Wildman–Crippen MR) is 61.6 cm³/mol. The zero-order valence-electron chi connectivity index (χ0n) is 10.1. The van der Waals surface area contributed by atoms with Gasteiger partial charge in [0.25, 0.3) is 5.91 Å². The van der Waals surface area contributed by atoms with Crippen LogP contribution in [0.3, 0.4) is 0 Å². The molecule has 1 amide bonds. The van der Waals surface area contributed by atoms with Crippen LogP contribution in [0.5, 0.6) is 5.75 Å². The van der Waals surface area contributed by atoms with E-state index in [9.17, 15) is 14.0 Å². The summed E-state index contributed by atoms with van der Waals surface area (Å²) in [5.41, 5.74) is 4.73. The van der Waals surface area contributed by atoms with Crippen LogP contribution >= 0.6 is 0 Å². The Morgan fingerprint density at radius 2 is 2.11 bits per heavy atom. The Bertz CT molecular complexity index is 461. The number of hydrogen-bond acceptors (Lipinski definition) is 4. The molecule has 0 saturated heterocycles. The summed E-state index contributed by atoms with van der Waals surface area (Å²) in [7, 11) is 1.26. The van der Waals surface area contributed by atoms with E-state index in [0.29, 0.717) is 0 Å². The van der Waals surface area contributed by atoms with E-state index in [0.717, 1.165) is 6.07 Å². The van der Waals surface area contributed by atoms with E-state index in [1.165, 1.54) is 19.2 Å². The van der Waals surface area contributed by atoms with Crippen molar-refractivity contribution in [3.05, 3.63) is 29.6 Å². The Balaban J connectivity index is 2.82. The standard InChI is InChI=1S/C12H14FNO4/c1-7(12(16)17-2)6-18-9-5-3-4-8(13)10(9)11(14)15/h3-5,7H,6H2,1-2H3,(H2,14,15). The van der Waals surface area contributed by atoms with Crippen LogP contribution in [0, 0.1) is 11.7 Å². The van der Waals surface area contributed by atoms with Crippen molar-refractivity contribution in [2.45, 2.75) is 6.92 Å². The number of primary amides is 1. The molecule has 1 aromatic rings. The van der Waals surface area contributed by atoms with Gasteiger partial charge in [0.05, 0.1) is 13.0 Å². The van der Waals surface area contributed by atoms with Gasteiger partial charge in [-0.05, 0) is 19.1 Å². The lowest BCUT2D eigenvalue weighted by atomic mass is 10.1. The number of nitrogens with two attached hydrogens (primary N) is 1. The molecule has 6 heteroatoms. The second-order valence-electron chi connectivity index (χ2n) is 3.71. The van der Waals surface area contributed by atoms with Crippen LogP contribution in [0.25, 0.3) is 0 Å². The highest BCUT2D eigenvalue weighted by Gasteiger charge is 2.18. The maximum Gasteiger partial charge on any atom is 0.311 e. The first-order valence-electron chi connectivity index (χ1n) is 5.26. The lowest BCUT2D eigenvalue weighted by molar-refractivity contribution is -0.145. The molecule has 1 atom stereocenters. The van der Waals surface area contributed by atoms with E-state index >= 15 is 0 Å². The van der Waals surface area contributed by atoms with Crippen molar-refractivity contribution in [3.8, 4) is 5.75 Å². The first-order chi connectivity index (χ1) is 8.47. The van der Waals surface area contributed by atoms with Crippen molar-refractivity contribution >= 4 is 11.9 Å². The Kier molecular flexibility index (Phi) is 4.65. The normalized spacial score (nSPS) is 11.7. The van der Waals surface area contributed by atoms with Gasteiger partial charge in [-0.1, -0.05) is 6.07 Å². The van der Waals surface area contributed by atoms with Gasteiger partial charge in [0.1, 0.15) is 23.7 Å². The third kappa shape index (κ3) is 3.19. The number of carbonyl (C=O) groups excluding carboxylic acids is 2. The second kappa shape index (κ2) is 6.00. The summed E-state index contributed by atoms with van der Waals surface area (Å²) >= 11 is 0. The van der Waals surface area contributed by atoms with E-state index in [1.54, 1.807) is 6.92 Å². The molecular formula is C12H14FNO4. The highest BCUT2D eigenvalue weighted by Crippen LogP contribution is 2.21. The van der Waals surface area contributed by atoms with E-state index in [2.05, 4.69) is 4.74 Å². The molecule has 2 N–H and O–H groups in total. The van der Waals surface area contributed by atoms with Crippen LogP contribution in [0.4, 0.5) is 4.39 Å². The summed E-state index contributed by atoms with van der Waals surface area (Å²) in [6.07, 6.45) is 0. The maximum absolute atomic E-state index is 13.4. The molecule has 0 aromatic heterocycles. The van der Waals surface area contributed by atoms with Crippen molar-refractivity contribution < 1.29 is 23.5 Å². The number of amides is 1. The number of benzene rings is 1. The largest absolute Gasteiger partial charge is 0.492 e. The van der Waals surface area contributed by atoms with Crippen LogP contribution in [0.2, 0.25) is 0 Å². The van der Waals surface area contributed by atoms with Gasteiger partial charge in [0, 0.05) is 0 Å². The Morgan fingerprint density at radius 1 is 1.44 bits per heavy atom. The summed E-state index contributed by atoms with van der Waals surface area (Å²) in [6, 6.07) is 3.91. The molecule has 0 aliphatic heterocycles. The monoisotopic (exact) mass is 255 g/mol. The van der Waals surface area contributed by atoms with Crippen LogP contribution in [-0.2, 0) is 9.53 Å². The third-order valence-corrected chi connectivity index (χ3v) is 2.31. The average Bonchev–Trinajstić information content (AvgIpc) is 2.34. The molecule has 5 nitrogen and oxygen atoms in total. The number of hydrogen-bond donors (Lipinski definition) is 1. The molecule has 1 aromatic carbocycles. The molecule has 0 radical (unpaired) electrons. The summed E-state index contributed by atoms with van der Waals surface area (Å²) in [4.78, 5) is 22.2. The highest BCUT2D eigenvalue weighted by atomic mass is 19.1. The number of carbonyl (C=O) groups is 2. The molecular weight excluding hydrogens is 241 g/mol. The smallest absolute Gasteiger partial charge is 0.311 e. The maximum atomic E-state index is 13.4. The minimum Gasteiger partial charge on any atom is -0.492 e. The molecule has 98 valence electrons. The van der Waals surface area contributed by atoms with Crippen molar-refractivity contribution in [2.75, 3.05) is 13.7 Å². The number of methoxy groups -OCH3 is 1. The fourth-order valence-corrected chi connectivity index (χ4v) is 1.35. The van der Waals surface area contributed by atoms with Crippen LogP contribution in [0.15, 0.2) is 18.2 Å². The molecule has 0 aliphatic rings. The quantitative estimate of drug-likeness (QED) is 0.799. The molecule has 18 heavy (non-hydrogen) atoms. The van der Waals surface area contributed by atoms with Crippen molar-refractivity contribution in [2.24, 2.45) is 11.7 Å². The molecule has 0 bridgehead atoms. The van der Waals surface area contributed by atoms with Gasteiger partial charge in [-0.15, -0.1) is 0 Å². The van der Waals surface area contributed by atoms with Gasteiger partial charge in [0.15, 0.2) is 0 Å². The van der Waals surface area contributed by atoms with Crippen LogP contribution in [0.1, 0.15) is 17.3 Å². The fourth-order valence-electron chi connectivity index (χ4n) is 1.35. The highest BCUT2D eigenvalue weighted by molar-refractivity contribution is 5.95. The van der Waals surface area contributed by atoms with Gasteiger partial charge in [-0.3, -0.25) is 9.59 Å². The summed E-state index contributed by atoms with van der Waals surface area (Å²) in [6.45, 7) is 1.56. The second-order valence-corrected chi connectivity index (χ2v) is 3.71. The van der Waals surface area contributed by atoms with Crippen LogP contribution in [-0.4, -0.2) is 25.6 Å². The SMILES string of the molecule is COC(=O)C(C)COc1cccc(F)c1C(N)=O. The van der Waals surface area contributed by atoms with Crippen molar-refractivity contribution in [1.82, 2.24) is 0 Å². The lowest BCUT2D eigenvalue weighted by Crippen LogP contribution is -2.22. The predicted octanol–water partition coefficient (Wildman–Crippen LogP) is 1.11. The molecule has 0 aliphatic carbocycles. The van der Waals surface area contributed by atoms with Crippen molar-refractivity contribution in [3.63, 3.8) is 0 Å². The minimum atomic E-state index is -0.922. The zero-order chi connectivity index (χ0) is 13.7. The fraction of sp³-hybridized carbons (Fsp3) is 0.333. The minimum absolute atomic E-state index is 0.0123. The van der Waals surface area contributed by atoms with Crippen molar-refractivity contribution in [1.29, 1.82) is 0 Å². The lowest BCUT2D eigenvalue weighted by Gasteiger charge is -2.13. The van der Waals surface area contributed by atoms with Gasteiger partial charge in [-0.2, -0.15) is 0 Å². The van der Waals surface area contributed by atoms with Gasteiger partial charge < -0.3 is 15.2 Å². The Morgan fingerprint density at radius 3 is 2.67 bits per heavy atom. The number of esters is 1. The molecule has 0 spiro atoms. The molecule has 0 saturated carbocycles. The number of ether oxygens (including phenoxy) is 2. The van der Waals surface area contributed by atoms with Gasteiger partial charge >= 0.3 is 5.97 Å². The average molecular weight is 255 g/mol. The van der Waals surface area contributed by atoms with E-state index in [4.69, 9.17) is 10.5 Å². The van der Waals surface area contributed by atoms with E-state index in [1.807, 2.05) is 0 Å². The van der Waals surface area contributed by atoms with Gasteiger partial charge in [0.2, 0.25) is 0 Å². The zero-order valence-corrected chi connectivity index (χ0v) is 10.1. The number of rotatable bonds is 5. The molecule has 0 fully saturated rings. The molecule has 1 unspecified atom stereocenters. The Labute approximate surface area is 104 Å². The molecule has 0 heterocycles. The summed E-state index contributed by atoms with van der Waals surface area (Å²) in [5.74, 6) is -2.65. The number of halogens is 1. The first kappa shape index (κ1) is 14.0. The summed E-state index contributed by atoms with van der Waals surface area (Å²) < 4.78 is 23.1. The first-order valence-corrected chi connectivity index (χ1v) is 5.26. The molecule has 1 rings (SSSR count). The van der Waals surface area contributed by atoms with E-state index in [-0.39, 0.29) is 17.9 Å². The van der Waals surface area contributed by atoms with Crippen LogP contribution < -0.4 is 10.5 Å². The van der Waals surface area contributed by atoms with E-state index < -0.39 is 23.6 Å². The van der Waals surface area contributed by atoms with Gasteiger partial charge in [-0.25, -0.2) is 4.39 Å². The third-order valence-electron chi connectivity index (χ3n) is 2.31.